The molecular weight excluding hydrogens is 276 g/mol. The maximum Gasteiger partial charge on any atom is 0.342 e. The first-order chi connectivity index (χ1) is 10.8. The minimum Gasteiger partial charge on any atom is -0.462 e. The Morgan fingerprint density at radius 2 is 1.77 bits per heavy atom. The van der Waals surface area contributed by atoms with Crippen molar-refractivity contribution >= 4 is 11.5 Å². The molecule has 4 nitrogen and oxygen atoms in total. The standard InChI is InChI=1S/C16H14N2O2.C2H6/c1-2-20-16(19)14-13-10-6-7-11-18(13)17-15(14)12-8-4-3-5-9-12;1-2/h3-11H,2H2,1H3;1-2H3. The molecule has 0 unspecified atom stereocenters. The first kappa shape index (κ1) is 15.8. The Morgan fingerprint density at radius 1 is 1.09 bits per heavy atom. The number of benzene rings is 1. The van der Waals surface area contributed by atoms with Gasteiger partial charge in [0, 0.05) is 11.8 Å². The molecule has 2 aromatic heterocycles. The van der Waals surface area contributed by atoms with Gasteiger partial charge < -0.3 is 4.74 Å². The molecule has 0 N–H and O–H groups in total. The Bertz CT molecular complexity index is 748. The lowest BCUT2D eigenvalue weighted by atomic mass is 10.1. The molecule has 0 aliphatic rings. The molecule has 0 saturated carbocycles. The van der Waals surface area contributed by atoms with Crippen LogP contribution in [0.15, 0.2) is 54.7 Å². The summed E-state index contributed by atoms with van der Waals surface area (Å²) in [5, 5.41) is 4.50. The molecule has 2 heterocycles. The summed E-state index contributed by atoms with van der Waals surface area (Å²) < 4.78 is 6.87. The van der Waals surface area contributed by atoms with E-state index in [0.29, 0.717) is 17.9 Å². The number of ether oxygens (including phenoxy) is 1. The van der Waals surface area contributed by atoms with Crippen LogP contribution >= 0.6 is 0 Å². The van der Waals surface area contributed by atoms with Gasteiger partial charge >= 0.3 is 5.97 Å². The van der Waals surface area contributed by atoms with Crippen LogP contribution in [0.25, 0.3) is 16.8 Å². The fourth-order valence-electron chi connectivity index (χ4n) is 2.20. The number of carbonyl (C=O) groups excluding carboxylic acids is 1. The molecule has 0 aliphatic heterocycles. The van der Waals surface area contributed by atoms with E-state index in [1.807, 2.05) is 68.6 Å². The van der Waals surface area contributed by atoms with Crippen LogP contribution in [0.3, 0.4) is 0 Å². The van der Waals surface area contributed by atoms with Crippen molar-refractivity contribution in [2.45, 2.75) is 20.8 Å². The number of fused-ring (bicyclic) bond motifs is 1. The number of carbonyl (C=O) groups is 1. The average molecular weight is 296 g/mol. The summed E-state index contributed by atoms with van der Waals surface area (Å²) in [6.07, 6.45) is 1.82. The van der Waals surface area contributed by atoms with Crippen LogP contribution in [0.5, 0.6) is 0 Å². The smallest absolute Gasteiger partial charge is 0.342 e. The van der Waals surface area contributed by atoms with Gasteiger partial charge in [-0.15, -0.1) is 0 Å². The second-order valence-electron chi connectivity index (χ2n) is 4.34. The van der Waals surface area contributed by atoms with Crippen molar-refractivity contribution in [1.29, 1.82) is 0 Å². The van der Waals surface area contributed by atoms with Crippen LogP contribution in [0.1, 0.15) is 31.1 Å². The number of aromatic nitrogens is 2. The van der Waals surface area contributed by atoms with Gasteiger partial charge in [0.25, 0.3) is 0 Å². The molecule has 0 saturated heterocycles. The molecule has 0 radical (unpaired) electrons. The third-order valence-electron chi connectivity index (χ3n) is 3.07. The molecule has 22 heavy (non-hydrogen) atoms. The SMILES string of the molecule is CC.CCOC(=O)c1c(-c2ccccc2)nn2ccccc12. The van der Waals surface area contributed by atoms with Crippen molar-refractivity contribution in [2.75, 3.05) is 6.61 Å². The molecule has 0 fully saturated rings. The highest BCUT2D eigenvalue weighted by Crippen LogP contribution is 2.26. The van der Waals surface area contributed by atoms with Crippen molar-refractivity contribution in [2.24, 2.45) is 0 Å². The number of rotatable bonds is 3. The van der Waals surface area contributed by atoms with Gasteiger partial charge in [-0.2, -0.15) is 5.10 Å². The molecular formula is C18H20N2O2. The Labute approximate surface area is 130 Å². The Balaban J connectivity index is 0.000000847. The van der Waals surface area contributed by atoms with Crippen LogP contribution in [0.2, 0.25) is 0 Å². The lowest BCUT2D eigenvalue weighted by Crippen LogP contribution is -2.05. The number of pyridine rings is 1. The van der Waals surface area contributed by atoms with Crippen LogP contribution in [-0.2, 0) is 4.74 Å². The van der Waals surface area contributed by atoms with E-state index in [2.05, 4.69) is 5.10 Å². The first-order valence-corrected chi connectivity index (χ1v) is 7.51. The molecule has 0 spiro atoms. The van der Waals surface area contributed by atoms with E-state index in [9.17, 15) is 4.79 Å². The van der Waals surface area contributed by atoms with E-state index in [1.54, 1.807) is 11.4 Å². The van der Waals surface area contributed by atoms with Gasteiger partial charge in [-0.1, -0.05) is 50.2 Å². The minimum atomic E-state index is -0.340. The van der Waals surface area contributed by atoms with E-state index in [0.717, 1.165) is 11.1 Å². The van der Waals surface area contributed by atoms with Crippen LogP contribution in [0.4, 0.5) is 0 Å². The Morgan fingerprint density at radius 3 is 2.45 bits per heavy atom. The normalized spacial score (nSPS) is 9.95. The fourth-order valence-corrected chi connectivity index (χ4v) is 2.20. The molecule has 0 bridgehead atoms. The molecule has 0 aliphatic carbocycles. The van der Waals surface area contributed by atoms with Crippen molar-refractivity contribution < 1.29 is 9.53 Å². The quantitative estimate of drug-likeness (QED) is 0.680. The van der Waals surface area contributed by atoms with Crippen molar-refractivity contribution in [1.82, 2.24) is 9.61 Å². The monoisotopic (exact) mass is 296 g/mol. The van der Waals surface area contributed by atoms with Gasteiger partial charge in [-0.3, -0.25) is 0 Å². The van der Waals surface area contributed by atoms with Gasteiger partial charge in [0.05, 0.1) is 12.1 Å². The summed E-state index contributed by atoms with van der Waals surface area (Å²) in [6, 6.07) is 15.3. The summed E-state index contributed by atoms with van der Waals surface area (Å²) in [5.74, 6) is -0.340. The lowest BCUT2D eigenvalue weighted by molar-refractivity contribution is 0.0529. The number of hydrogen-bond donors (Lipinski definition) is 0. The number of esters is 1. The third kappa shape index (κ3) is 3.01. The van der Waals surface area contributed by atoms with E-state index in [1.165, 1.54) is 0 Å². The topological polar surface area (TPSA) is 43.6 Å². The van der Waals surface area contributed by atoms with E-state index in [-0.39, 0.29) is 5.97 Å². The molecule has 3 rings (SSSR count). The zero-order valence-electron chi connectivity index (χ0n) is 13.1. The predicted molar refractivity (Wildman–Crippen MR) is 87.9 cm³/mol. The first-order valence-electron chi connectivity index (χ1n) is 7.51. The molecule has 0 amide bonds. The highest BCUT2D eigenvalue weighted by molar-refractivity contribution is 6.03. The highest BCUT2D eigenvalue weighted by Gasteiger charge is 2.21. The van der Waals surface area contributed by atoms with Crippen molar-refractivity contribution in [3.05, 3.63) is 60.3 Å². The van der Waals surface area contributed by atoms with Crippen molar-refractivity contribution in [3.63, 3.8) is 0 Å². The van der Waals surface area contributed by atoms with Gasteiger partial charge in [0.1, 0.15) is 11.3 Å². The largest absolute Gasteiger partial charge is 0.462 e. The third-order valence-corrected chi connectivity index (χ3v) is 3.07. The van der Waals surface area contributed by atoms with Gasteiger partial charge in [0.15, 0.2) is 0 Å². The zero-order chi connectivity index (χ0) is 15.9. The Hall–Kier alpha value is -2.62. The van der Waals surface area contributed by atoms with Crippen LogP contribution in [0, 0.1) is 0 Å². The second-order valence-corrected chi connectivity index (χ2v) is 4.34. The average Bonchev–Trinajstić information content (AvgIpc) is 2.97. The molecule has 1 aromatic carbocycles. The fraction of sp³-hybridized carbons (Fsp3) is 0.222. The van der Waals surface area contributed by atoms with Gasteiger partial charge in [-0.25, -0.2) is 9.31 Å². The minimum absolute atomic E-state index is 0.340. The lowest BCUT2D eigenvalue weighted by Gasteiger charge is -2.03. The molecule has 114 valence electrons. The zero-order valence-corrected chi connectivity index (χ0v) is 13.1. The number of hydrogen-bond acceptors (Lipinski definition) is 3. The number of nitrogens with zero attached hydrogens (tertiary/aromatic N) is 2. The summed E-state index contributed by atoms with van der Waals surface area (Å²) in [5.41, 5.74) is 2.82. The summed E-state index contributed by atoms with van der Waals surface area (Å²) in [6.45, 7) is 6.14. The predicted octanol–water partition coefficient (Wildman–Crippen LogP) is 4.20. The van der Waals surface area contributed by atoms with E-state index in [4.69, 9.17) is 4.74 Å². The maximum atomic E-state index is 12.2. The maximum absolute atomic E-state index is 12.2. The van der Waals surface area contributed by atoms with Crippen LogP contribution in [-0.4, -0.2) is 22.2 Å². The summed E-state index contributed by atoms with van der Waals surface area (Å²) >= 11 is 0. The molecule has 4 heteroatoms. The van der Waals surface area contributed by atoms with Gasteiger partial charge in [0.2, 0.25) is 0 Å². The second kappa shape index (κ2) is 7.41. The van der Waals surface area contributed by atoms with Crippen LogP contribution < -0.4 is 0 Å². The molecule has 3 aromatic rings. The molecule has 0 atom stereocenters. The summed E-state index contributed by atoms with van der Waals surface area (Å²) in [4.78, 5) is 12.2. The van der Waals surface area contributed by atoms with E-state index >= 15 is 0 Å². The summed E-state index contributed by atoms with van der Waals surface area (Å²) in [7, 11) is 0. The van der Waals surface area contributed by atoms with Gasteiger partial charge in [-0.05, 0) is 19.1 Å². The van der Waals surface area contributed by atoms with Crippen molar-refractivity contribution in [3.8, 4) is 11.3 Å². The Kier molecular flexibility index (Phi) is 5.31. The highest BCUT2D eigenvalue weighted by atomic mass is 16.5. The van der Waals surface area contributed by atoms with E-state index < -0.39 is 0 Å².